The van der Waals surface area contributed by atoms with Gasteiger partial charge < -0.3 is 40.9 Å². The lowest BCUT2D eigenvalue weighted by atomic mass is 9.85. The molecular weight excluding hydrogens is 416 g/mol. The summed E-state index contributed by atoms with van der Waals surface area (Å²) in [6.07, 6.45) is -1.46. The molecule has 3 fully saturated rings. The third kappa shape index (κ3) is 2.49. The smallest absolute Gasteiger partial charge is 0.339 e. The van der Waals surface area contributed by atoms with E-state index in [4.69, 9.17) is 15.6 Å². The molecule has 0 bridgehead atoms. The molecule has 3 heterocycles. The molecular formula is C21H24N6O5. The Kier molecular flexibility index (Phi) is 4.35. The van der Waals surface area contributed by atoms with Gasteiger partial charge in [-0.3, -0.25) is 10.8 Å². The number of aliphatic hydroxyl groups excluding tert-OH is 1. The number of aliphatic hydroxyl groups is 3. The monoisotopic (exact) mass is 440 g/mol. The molecule has 0 radical (unpaired) electrons. The van der Waals surface area contributed by atoms with Crippen LogP contribution in [0.3, 0.4) is 0 Å². The molecule has 3 saturated heterocycles. The van der Waals surface area contributed by atoms with E-state index in [1.807, 2.05) is 18.2 Å². The number of rotatable bonds is 3. The molecule has 11 nitrogen and oxygen atoms in total. The lowest BCUT2D eigenvalue weighted by Crippen LogP contribution is -2.81. The Morgan fingerprint density at radius 1 is 1.16 bits per heavy atom. The molecule has 0 saturated carbocycles. The highest BCUT2D eigenvalue weighted by Gasteiger charge is 2.77. The maximum Gasteiger partial charge on any atom is 0.339 e. The predicted molar refractivity (Wildman–Crippen MR) is 114 cm³/mol. The van der Waals surface area contributed by atoms with Crippen LogP contribution in [0.15, 0.2) is 42.5 Å². The van der Waals surface area contributed by atoms with Gasteiger partial charge in [0.1, 0.15) is 0 Å². The van der Waals surface area contributed by atoms with Gasteiger partial charge in [-0.2, -0.15) is 0 Å². The highest BCUT2D eigenvalue weighted by atomic mass is 16.6. The standard InChI is InChI=1S/C21H24N6O5/c1-10-16(32-17(29)13-8-4-6-11-5-2-3-7-12(11)13)21(30,31)20-15(25-18(22)26-20)14(9-28)24-19(23)27(10)20/h2-8,10,14-16,28,30-31H,9H2,1H3,(H2,23,24)(H3,22,25,26)/t10-,14-,15-,16-,20-/m0/s1. The molecule has 0 aromatic heterocycles. The Bertz CT molecular complexity index is 1130. The van der Waals surface area contributed by atoms with Gasteiger partial charge >= 0.3 is 5.97 Å². The van der Waals surface area contributed by atoms with Crippen LogP contribution in [-0.4, -0.2) is 80.4 Å². The van der Waals surface area contributed by atoms with Crippen LogP contribution >= 0.6 is 0 Å². The highest BCUT2D eigenvalue weighted by Crippen LogP contribution is 2.47. The van der Waals surface area contributed by atoms with Crippen LogP contribution in [0.25, 0.3) is 10.8 Å². The quantitative estimate of drug-likeness (QED) is 0.216. The topological polar surface area (TPSA) is 174 Å². The number of nitrogens with one attached hydrogen (secondary N) is 5. The fourth-order valence-corrected chi connectivity index (χ4v) is 5.30. The number of carbonyl (C=O) groups is 1. The zero-order chi connectivity index (χ0) is 22.8. The summed E-state index contributed by atoms with van der Waals surface area (Å²) in [6, 6.07) is 9.95. The molecule has 0 unspecified atom stereocenters. The minimum atomic E-state index is -2.70. The van der Waals surface area contributed by atoms with Crippen LogP contribution < -0.4 is 16.0 Å². The van der Waals surface area contributed by atoms with Crippen molar-refractivity contribution in [3.05, 3.63) is 48.0 Å². The summed E-state index contributed by atoms with van der Waals surface area (Å²) in [5.41, 5.74) is -1.53. The van der Waals surface area contributed by atoms with Crippen molar-refractivity contribution in [2.45, 2.75) is 42.6 Å². The van der Waals surface area contributed by atoms with Crippen molar-refractivity contribution >= 4 is 28.7 Å². The second-order valence-electron chi connectivity index (χ2n) is 8.36. The number of hydrogen-bond acceptors (Lipinski definition) is 7. The van der Waals surface area contributed by atoms with E-state index in [9.17, 15) is 20.1 Å². The first-order valence-electron chi connectivity index (χ1n) is 10.2. The molecule has 5 atom stereocenters. The molecule has 32 heavy (non-hydrogen) atoms. The molecule has 1 spiro atoms. The average Bonchev–Trinajstić information content (AvgIpc) is 3.20. The number of ether oxygens (including phenoxy) is 1. The van der Waals surface area contributed by atoms with Crippen LogP contribution in [0.4, 0.5) is 0 Å². The molecule has 2 aromatic rings. The van der Waals surface area contributed by atoms with Crippen molar-refractivity contribution in [2.24, 2.45) is 0 Å². The SMILES string of the molecule is C[C@H]1[C@H](OC(=O)c2cccc3ccccc23)C(O)(O)[C@]23NC(=N)N[C@H]2[C@H](CO)NC(=N)N13. The van der Waals surface area contributed by atoms with Crippen molar-refractivity contribution in [3.8, 4) is 0 Å². The molecule has 11 heteroatoms. The third-order valence-electron chi connectivity index (χ3n) is 6.65. The van der Waals surface area contributed by atoms with Crippen LogP contribution in [0, 0.1) is 10.8 Å². The summed E-state index contributed by atoms with van der Waals surface area (Å²) in [6.45, 7) is 1.18. The van der Waals surface area contributed by atoms with Gasteiger partial charge in [-0.25, -0.2) is 4.79 Å². The van der Waals surface area contributed by atoms with Gasteiger partial charge in [0.2, 0.25) is 5.79 Å². The molecule has 3 aliphatic rings. The number of guanidine groups is 2. The zero-order valence-corrected chi connectivity index (χ0v) is 17.2. The van der Waals surface area contributed by atoms with E-state index in [-0.39, 0.29) is 17.5 Å². The minimum absolute atomic E-state index is 0.187. The van der Waals surface area contributed by atoms with Crippen LogP contribution in [-0.2, 0) is 4.74 Å². The Hall–Kier alpha value is -3.41. The second kappa shape index (κ2) is 6.79. The fourth-order valence-electron chi connectivity index (χ4n) is 5.30. The Balaban J connectivity index is 1.55. The van der Waals surface area contributed by atoms with Gasteiger partial charge in [-0.15, -0.1) is 0 Å². The van der Waals surface area contributed by atoms with Crippen molar-refractivity contribution < 1.29 is 24.9 Å². The molecule has 5 rings (SSSR count). The number of nitrogens with zero attached hydrogens (tertiary/aromatic N) is 1. The molecule has 0 aliphatic carbocycles. The number of carbonyl (C=O) groups excluding carboxylic acids is 1. The van der Waals surface area contributed by atoms with Gasteiger partial charge in [0.25, 0.3) is 0 Å². The number of esters is 1. The summed E-state index contributed by atoms with van der Waals surface area (Å²) in [5, 5.41) is 58.8. The van der Waals surface area contributed by atoms with Gasteiger partial charge in [0.15, 0.2) is 23.7 Å². The average molecular weight is 440 g/mol. The van der Waals surface area contributed by atoms with E-state index < -0.39 is 48.3 Å². The molecule has 3 aliphatic heterocycles. The maximum atomic E-state index is 13.2. The van der Waals surface area contributed by atoms with E-state index in [0.29, 0.717) is 5.39 Å². The summed E-state index contributed by atoms with van der Waals surface area (Å²) < 4.78 is 5.67. The second-order valence-corrected chi connectivity index (χ2v) is 8.36. The Morgan fingerprint density at radius 3 is 2.62 bits per heavy atom. The first-order chi connectivity index (χ1) is 15.2. The predicted octanol–water partition coefficient (Wildman–Crippen LogP) is -1.16. The van der Waals surface area contributed by atoms with E-state index in [2.05, 4.69) is 16.0 Å². The fraction of sp³-hybridized carbons (Fsp3) is 0.381. The van der Waals surface area contributed by atoms with Crippen molar-refractivity contribution in [3.63, 3.8) is 0 Å². The number of fused-ring (bicyclic) bond motifs is 1. The highest BCUT2D eigenvalue weighted by molar-refractivity contribution is 6.04. The number of benzene rings is 2. The Labute approximate surface area is 183 Å². The number of hydrogen-bond donors (Lipinski definition) is 8. The van der Waals surface area contributed by atoms with Crippen molar-refractivity contribution in [1.29, 1.82) is 10.8 Å². The van der Waals surface area contributed by atoms with Gasteiger partial charge in [-0.05, 0) is 23.8 Å². The molecule has 8 N–H and O–H groups in total. The zero-order valence-electron chi connectivity index (χ0n) is 17.2. The van der Waals surface area contributed by atoms with E-state index in [0.717, 1.165) is 5.39 Å². The van der Waals surface area contributed by atoms with E-state index in [1.54, 1.807) is 31.2 Å². The Morgan fingerprint density at radius 2 is 1.88 bits per heavy atom. The largest absolute Gasteiger partial charge is 0.451 e. The first kappa shape index (κ1) is 20.5. The van der Waals surface area contributed by atoms with E-state index >= 15 is 0 Å². The van der Waals surface area contributed by atoms with Crippen LogP contribution in [0.1, 0.15) is 17.3 Å². The molecule has 2 aromatic carbocycles. The summed E-state index contributed by atoms with van der Waals surface area (Å²) in [7, 11) is 0. The normalized spacial score (nSPS) is 32.6. The van der Waals surface area contributed by atoms with E-state index in [1.165, 1.54) is 4.90 Å². The lowest BCUT2D eigenvalue weighted by molar-refractivity contribution is -0.258. The molecule has 168 valence electrons. The maximum absolute atomic E-state index is 13.2. The van der Waals surface area contributed by atoms with Gasteiger partial charge in [-0.1, -0.05) is 36.4 Å². The lowest BCUT2D eigenvalue weighted by Gasteiger charge is -2.51. The van der Waals surface area contributed by atoms with Gasteiger partial charge in [0.05, 0.1) is 30.3 Å². The van der Waals surface area contributed by atoms with Crippen LogP contribution in [0.5, 0.6) is 0 Å². The summed E-state index contributed by atoms with van der Waals surface area (Å²) >= 11 is 0. The van der Waals surface area contributed by atoms with Crippen LogP contribution in [0.2, 0.25) is 0 Å². The summed E-state index contributed by atoms with van der Waals surface area (Å²) in [5.74, 6) is -3.82. The van der Waals surface area contributed by atoms with Crippen molar-refractivity contribution in [2.75, 3.05) is 6.61 Å². The minimum Gasteiger partial charge on any atom is -0.451 e. The third-order valence-corrected chi connectivity index (χ3v) is 6.65. The van der Waals surface area contributed by atoms with Crippen molar-refractivity contribution in [1.82, 2.24) is 20.9 Å². The molecule has 0 amide bonds. The first-order valence-corrected chi connectivity index (χ1v) is 10.2. The summed E-state index contributed by atoms with van der Waals surface area (Å²) in [4.78, 5) is 14.5. The van der Waals surface area contributed by atoms with Gasteiger partial charge in [0, 0.05) is 0 Å².